The molecule has 8 nitrogen and oxygen atoms in total. The van der Waals surface area contributed by atoms with E-state index in [9.17, 15) is 26.7 Å². The molecule has 0 spiro atoms. The van der Waals surface area contributed by atoms with E-state index in [1.807, 2.05) is 6.92 Å². The number of nitrogens with zero attached hydrogens (tertiary/aromatic N) is 5. The Morgan fingerprint density at radius 2 is 1.89 bits per heavy atom. The summed E-state index contributed by atoms with van der Waals surface area (Å²) in [5, 5.41) is 10.3. The van der Waals surface area contributed by atoms with Crippen molar-refractivity contribution in [3.63, 3.8) is 0 Å². The Hall–Kier alpha value is -3.64. The number of aryl methyl sites for hydroxylation is 1. The van der Waals surface area contributed by atoms with Crippen LogP contribution >= 0.6 is 0 Å². The first-order valence-electron chi connectivity index (χ1n) is 10.8. The number of carbonyl (C=O) groups excluding carboxylic acids is 1. The highest BCUT2D eigenvalue weighted by atomic mass is 19.4. The Labute approximate surface area is 195 Å². The van der Waals surface area contributed by atoms with Crippen molar-refractivity contribution in [3.05, 3.63) is 53.5 Å². The first kappa shape index (κ1) is 23.1. The van der Waals surface area contributed by atoms with Gasteiger partial charge in [-0.1, -0.05) is 6.92 Å². The zero-order valence-corrected chi connectivity index (χ0v) is 18.5. The van der Waals surface area contributed by atoms with Gasteiger partial charge < -0.3 is 14.6 Å². The zero-order chi connectivity index (χ0) is 25.1. The second-order valence-electron chi connectivity index (χ2n) is 8.96. The van der Waals surface area contributed by atoms with E-state index < -0.39 is 52.0 Å². The molecule has 3 aromatic rings. The average molecular weight is 494 g/mol. The third-order valence-electron chi connectivity index (χ3n) is 6.42. The highest BCUT2D eigenvalue weighted by Crippen LogP contribution is 2.55. The summed E-state index contributed by atoms with van der Waals surface area (Å²) in [5.74, 6) is -1.76. The van der Waals surface area contributed by atoms with Crippen LogP contribution in [-0.4, -0.2) is 37.1 Å². The Bertz CT molecular complexity index is 1290. The van der Waals surface area contributed by atoms with Gasteiger partial charge >= 0.3 is 12.2 Å². The van der Waals surface area contributed by atoms with Crippen LogP contribution in [0.15, 0.2) is 28.9 Å². The monoisotopic (exact) mass is 494 g/mol. The molecular formula is C22H19F5N6O2. The van der Waals surface area contributed by atoms with Crippen molar-refractivity contribution in [2.75, 3.05) is 5.32 Å². The van der Waals surface area contributed by atoms with Crippen molar-refractivity contribution in [1.82, 2.24) is 25.1 Å². The van der Waals surface area contributed by atoms with Crippen molar-refractivity contribution in [2.45, 2.75) is 50.9 Å². The van der Waals surface area contributed by atoms with E-state index in [1.54, 1.807) is 6.92 Å². The first-order chi connectivity index (χ1) is 16.5. The molecule has 1 aliphatic heterocycles. The quantitative estimate of drug-likeness (QED) is 0.511. The molecule has 1 N–H and O–H groups in total. The van der Waals surface area contributed by atoms with Gasteiger partial charge in [0, 0.05) is 24.9 Å². The van der Waals surface area contributed by atoms with E-state index >= 15 is 0 Å². The lowest BCUT2D eigenvalue weighted by molar-refractivity contribution is -0.137. The summed E-state index contributed by atoms with van der Waals surface area (Å²) in [6, 6.07) is 0.163. The summed E-state index contributed by atoms with van der Waals surface area (Å²) in [6.07, 6.45) is -1.72. The van der Waals surface area contributed by atoms with Gasteiger partial charge in [0.05, 0.1) is 23.6 Å². The molecule has 1 saturated carbocycles. The number of carbonyl (C=O) groups is 1. The van der Waals surface area contributed by atoms with Gasteiger partial charge in [-0.2, -0.15) is 13.2 Å². The third kappa shape index (κ3) is 3.88. The molecule has 5 rings (SSSR count). The summed E-state index contributed by atoms with van der Waals surface area (Å²) in [4.78, 5) is 21.9. The number of aromatic nitrogens is 4. The summed E-state index contributed by atoms with van der Waals surface area (Å²) in [7, 11) is 0. The number of piperidine rings is 1. The fourth-order valence-corrected chi connectivity index (χ4v) is 5.15. The van der Waals surface area contributed by atoms with Crippen molar-refractivity contribution in [2.24, 2.45) is 5.92 Å². The molecule has 2 amide bonds. The number of halogens is 5. The van der Waals surface area contributed by atoms with Crippen LogP contribution in [0, 0.1) is 24.5 Å². The molecule has 2 aliphatic rings. The maximum atomic E-state index is 14.8. The van der Waals surface area contributed by atoms with Crippen molar-refractivity contribution in [1.29, 1.82) is 0 Å². The topological polar surface area (TPSA) is 97.0 Å². The third-order valence-corrected chi connectivity index (χ3v) is 6.42. The summed E-state index contributed by atoms with van der Waals surface area (Å²) in [5.41, 5.74) is -3.33. The molecule has 2 aromatic heterocycles. The molecule has 184 valence electrons. The fourth-order valence-electron chi connectivity index (χ4n) is 5.15. The summed E-state index contributed by atoms with van der Waals surface area (Å²) in [6.45, 7) is 3.65. The number of likely N-dealkylation sites (tertiary alicyclic amines) is 1. The van der Waals surface area contributed by atoms with Gasteiger partial charge in [-0.05, 0) is 30.9 Å². The van der Waals surface area contributed by atoms with Crippen molar-refractivity contribution >= 4 is 11.7 Å². The second kappa shape index (κ2) is 7.95. The molecule has 2 fully saturated rings. The molecule has 0 unspecified atom stereocenters. The van der Waals surface area contributed by atoms with Gasteiger partial charge in [0.25, 0.3) is 0 Å². The van der Waals surface area contributed by atoms with Crippen LogP contribution in [-0.2, 0) is 11.7 Å². The Morgan fingerprint density at radius 3 is 2.51 bits per heavy atom. The van der Waals surface area contributed by atoms with Crippen LogP contribution < -0.4 is 5.32 Å². The van der Waals surface area contributed by atoms with E-state index in [4.69, 9.17) is 4.42 Å². The second-order valence-corrected chi connectivity index (χ2v) is 8.96. The van der Waals surface area contributed by atoms with Gasteiger partial charge in [-0.3, -0.25) is 0 Å². The maximum Gasteiger partial charge on any atom is 0.417 e. The van der Waals surface area contributed by atoms with E-state index in [-0.39, 0.29) is 23.9 Å². The van der Waals surface area contributed by atoms with E-state index in [2.05, 4.69) is 25.5 Å². The SMILES string of the molecule is Cc1nnc([C@]23C[C@@H](C)C[C@H](C2)N3C(=O)Nc2cc(-c3ncc(F)cn3)c(C(F)(F)F)cc2F)o1. The molecule has 2 bridgehead atoms. The number of hydrogen-bond acceptors (Lipinski definition) is 6. The van der Waals surface area contributed by atoms with Crippen molar-refractivity contribution < 1.29 is 31.2 Å². The number of anilines is 1. The van der Waals surface area contributed by atoms with Crippen molar-refractivity contribution in [3.8, 4) is 11.4 Å². The zero-order valence-electron chi connectivity index (χ0n) is 18.5. The van der Waals surface area contributed by atoms with Gasteiger partial charge in [0.2, 0.25) is 11.8 Å². The molecule has 3 atom stereocenters. The van der Waals surface area contributed by atoms with Crippen LogP contribution in [0.2, 0.25) is 0 Å². The lowest BCUT2D eigenvalue weighted by atomic mass is 9.64. The van der Waals surface area contributed by atoms with Gasteiger partial charge in [0.15, 0.2) is 11.6 Å². The number of urea groups is 1. The molecule has 0 radical (unpaired) electrons. The lowest BCUT2D eigenvalue weighted by Crippen LogP contribution is -2.70. The highest BCUT2D eigenvalue weighted by molar-refractivity contribution is 5.92. The number of hydrogen-bond donors (Lipinski definition) is 1. The molecule has 3 heterocycles. The highest BCUT2D eigenvalue weighted by Gasteiger charge is 2.62. The van der Waals surface area contributed by atoms with Crippen LogP contribution in [0.1, 0.15) is 43.5 Å². The minimum atomic E-state index is -4.94. The number of rotatable bonds is 3. The maximum absolute atomic E-state index is 14.8. The largest absolute Gasteiger partial charge is 0.423 e. The van der Waals surface area contributed by atoms with Crippen LogP contribution in [0.3, 0.4) is 0 Å². The average Bonchev–Trinajstić information content (AvgIpc) is 3.21. The number of alkyl halides is 3. The number of nitrogens with one attached hydrogen (secondary N) is 1. The Morgan fingerprint density at radius 1 is 1.17 bits per heavy atom. The smallest absolute Gasteiger partial charge is 0.417 e. The molecule has 1 aromatic carbocycles. The predicted molar refractivity (Wildman–Crippen MR) is 111 cm³/mol. The van der Waals surface area contributed by atoms with Gasteiger partial charge in [0.1, 0.15) is 11.4 Å². The number of amides is 2. The number of fused-ring (bicyclic) bond motifs is 2. The van der Waals surface area contributed by atoms with Crippen LogP contribution in [0.4, 0.5) is 32.4 Å². The molecule has 1 aliphatic carbocycles. The predicted octanol–water partition coefficient (Wildman–Crippen LogP) is 5.06. The van der Waals surface area contributed by atoms with E-state index in [1.165, 1.54) is 4.90 Å². The summed E-state index contributed by atoms with van der Waals surface area (Å²) >= 11 is 0. The van der Waals surface area contributed by atoms with Crippen LogP contribution in [0.25, 0.3) is 11.4 Å². The van der Waals surface area contributed by atoms with Gasteiger partial charge in [-0.15, -0.1) is 10.2 Å². The van der Waals surface area contributed by atoms with E-state index in [0.29, 0.717) is 37.5 Å². The van der Waals surface area contributed by atoms with Crippen LogP contribution in [0.5, 0.6) is 0 Å². The summed E-state index contributed by atoms with van der Waals surface area (Å²) < 4.78 is 74.4. The molecular weight excluding hydrogens is 475 g/mol. The Kier molecular flexibility index (Phi) is 5.25. The standard InChI is InChI=1S/C22H19F5N6O2/c1-10-3-13-7-21(6-10,19-32-31-11(2)35-19)33(13)20(34)30-17-4-14(18-28-8-12(23)9-29-18)15(5-16(17)24)22(25,26)27/h4-5,8-10,13H,3,6-7H2,1-2H3,(H,30,34)/t10-,13+,21-/m0/s1. The van der Waals surface area contributed by atoms with E-state index in [0.717, 1.165) is 6.07 Å². The molecule has 35 heavy (non-hydrogen) atoms. The normalized spacial score (nSPS) is 23.7. The molecule has 1 saturated heterocycles. The number of benzene rings is 1. The molecule has 13 heteroatoms. The first-order valence-corrected chi connectivity index (χ1v) is 10.8. The fraction of sp³-hybridized carbons (Fsp3) is 0.409. The lowest BCUT2D eigenvalue weighted by Gasteiger charge is -2.61. The van der Waals surface area contributed by atoms with Gasteiger partial charge in [-0.25, -0.2) is 23.5 Å². The Balaban J connectivity index is 1.51. The minimum Gasteiger partial charge on any atom is -0.423 e. The minimum absolute atomic E-state index is 0.177.